The largest absolute Gasteiger partial charge is 0.310 e. The molecule has 8 rings (SSSR count). The van der Waals surface area contributed by atoms with Gasteiger partial charge in [0.25, 0.3) is 0 Å². The van der Waals surface area contributed by atoms with Crippen molar-refractivity contribution in [3.05, 3.63) is 199 Å². The lowest BCUT2D eigenvalue weighted by molar-refractivity contribution is 1.21. The molecule has 0 spiro atoms. The number of nitrogens with zero attached hydrogens (tertiary/aromatic N) is 2. The summed E-state index contributed by atoms with van der Waals surface area (Å²) in [4.78, 5) is 7.46. The number of benzene rings is 6. The normalized spacial score (nSPS) is 11.9. The molecule has 0 amide bonds. The molecule has 6 aromatic carbocycles. The molecule has 7 aromatic rings. The number of hydrogen-bond acceptors (Lipinski definition) is 2. The molecule has 220 valence electrons. The van der Waals surface area contributed by atoms with Crippen LogP contribution in [0.5, 0.6) is 0 Å². The van der Waals surface area contributed by atoms with Gasteiger partial charge >= 0.3 is 0 Å². The molecular weight excluding hydrogens is 569 g/mol. The lowest BCUT2D eigenvalue weighted by Gasteiger charge is -2.26. The average Bonchev–Trinajstić information content (AvgIpc) is 3.16. The first-order valence-corrected chi connectivity index (χ1v) is 15.8. The molecule has 1 aromatic heterocycles. The quantitative estimate of drug-likeness (QED) is 0.170. The zero-order valence-electron chi connectivity index (χ0n) is 25.7. The van der Waals surface area contributed by atoms with Crippen LogP contribution in [0, 0.1) is 0 Å². The van der Waals surface area contributed by atoms with E-state index in [0.717, 1.165) is 50.4 Å². The van der Waals surface area contributed by atoms with Gasteiger partial charge in [-0.3, -0.25) is 0 Å². The molecule has 2 nitrogen and oxygen atoms in total. The summed E-state index contributed by atoms with van der Waals surface area (Å²) in [6.07, 6.45) is 5.95. The van der Waals surface area contributed by atoms with Gasteiger partial charge in [-0.25, -0.2) is 4.98 Å². The Labute approximate surface area is 275 Å². The van der Waals surface area contributed by atoms with E-state index in [-0.39, 0.29) is 0 Å². The Balaban J connectivity index is 1.18. The second-order valence-corrected chi connectivity index (χ2v) is 11.5. The van der Waals surface area contributed by atoms with Crippen LogP contribution in [-0.2, 0) is 0 Å². The number of aromatic nitrogens is 1. The highest BCUT2D eigenvalue weighted by molar-refractivity contribution is 5.92. The number of fused-ring (bicyclic) bond motifs is 1. The highest BCUT2D eigenvalue weighted by Crippen LogP contribution is 2.38. The fourth-order valence-corrected chi connectivity index (χ4v) is 6.16. The second-order valence-electron chi connectivity index (χ2n) is 11.5. The third-order valence-electron chi connectivity index (χ3n) is 8.56. The highest BCUT2D eigenvalue weighted by atomic mass is 15.1. The molecule has 0 atom stereocenters. The maximum Gasteiger partial charge on any atom is 0.0788 e. The zero-order valence-corrected chi connectivity index (χ0v) is 25.7. The first-order chi connectivity index (χ1) is 23.3. The van der Waals surface area contributed by atoms with Crippen molar-refractivity contribution in [1.82, 2.24) is 4.98 Å². The Morgan fingerprint density at radius 3 is 1.55 bits per heavy atom. The molecule has 0 radical (unpaired) electrons. The van der Waals surface area contributed by atoms with Crippen molar-refractivity contribution in [3.63, 3.8) is 0 Å². The van der Waals surface area contributed by atoms with Crippen LogP contribution in [0.4, 0.5) is 11.4 Å². The molecule has 0 N–H and O–H groups in total. The molecule has 47 heavy (non-hydrogen) atoms. The molecule has 0 unspecified atom stereocenters. The van der Waals surface area contributed by atoms with Crippen molar-refractivity contribution in [1.29, 1.82) is 0 Å². The third-order valence-corrected chi connectivity index (χ3v) is 8.56. The van der Waals surface area contributed by atoms with Crippen LogP contribution in [0.1, 0.15) is 0 Å². The number of para-hydroxylation sites is 1. The lowest BCUT2D eigenvalue weighted by atomic mass is 9.95. The summed E-state index contributed by atoms with van der Waals surface area (Å²) in [5, 5.41) is 1.12. The number of anilines is 2. The minimum absolute atomic E-state index is 0.962. The van der Waals surface area contributed by atoms with Gasteiger partial charge in [0.1, 0.15) is 0 Å². The summed E-state index contributed by atoms with van der Waals surface area (Å²) in [5.74, 6) is 0. The van der Waals surface area contributed by atoms with Crippen LogP contribution in [-0.4, -0.2) is 4.98 Å². The van der Waals surface area contributed by atoms with Crippen LogP contribution in [0.25, 0.3) is 55.5 Å². The van der Waals surface area contributed by atoms with Crippen molar-refractivity contribution in [2.45, 2.75) is 0 Å². The maximum atomic E-state index is 5.21. The Kier molecular flexibility index (Phi) is 7.48. The van der Waals surface area contributed by atoms with E-state index in [1.165, 1.54) is 22.3 Å². The molecule has 1 aliphatic carbocycles. The van der Waals surface area contributed by atoms with E-state index in [1.807, 2.05) is 30.4 Å². The summed E-state index contributed by atoms with van der Waals surface area (Å²) in [5.41, 5.74) is 19.4. The average molecular weight is 599 g/mol. The minimum Gasteiger partial charge on any atom is -0.310 e. The van der Waals surface area contributed by atoms with E-state index in [9.17, 15) is 0 Å². The summed E-state index contributed by atoms with van der Waals surface area (Å²) < 4.78 is 0. The van der Waals surface area contributed by atoms with Crippen molar-refractivity contribution in [2.24, 2.45) is 0 Å². The molecule has 0 saturated heterocycles. The van der Waals surface area contributed by atoms with Gasteiger partial charge in [0.05, 0.1) is 16.9 Å². The minimum atomic E-state index is 0.962. The van der Waals surface area contributed by atoms with Gasteiger partial charge in [0.15, 0.2) is 0 Å². The van der Waals surface area contributed by atoms with Crippen molar-refractivity contribution < 1.29 is 0 Å². The summed E-state index contributed by atoms with van der Waals surface area (Å²) in [6, 6.07) is 57.8. The number of pyridine rings is 1. The predicted octanol–water partition coefficient (Wildman–Crippen LogP) is 11.8. The van der Waals surface area contributed by atoms with E-state index >= 15 is 0 Å². The molecule has 0 saturated carbocycles. The Bertz CT molecular complexity index is 2320. The highest BCUT2D eigenvalue weighted by Gasteiger charge is 2.16. The first kappa shape index (κ1) is 28.1. The van der Waals surface area contributed by atoms with E-state index in [1.54, 1.807) is 0 Å². The van der Waals surface area contributed by atoms with E-state index in [0.29, 0.717) is 0 Å². The lowest BCUT2D eigenvalue weighted by Crippen LogP contribution is -2.15. The molecule has 1 heterocycles. The molecule has 0 fully saturated rings. The fourth-order valence-electron chi connectivity index (χ4n) is 6.16. The Morgan fingerprint density at radius 1 is 0.447 bits per heavy atom. The number of rotatable bonds is 7. The maximum absolute atomic E-state index is 5.21. The third kappa shape index (κ3) is 5.75. The van der Waals surface area contributed by atoms with Gasteiger partial charge in [-0.1, -0.05) is 139 Å². The molecular formula is C45H30N2. The molecule has 0 aliphatic heterocycles. The van der Waals surface area contributed by atoms with E-state index in [2.05, 4.69) is 168 Å². The van der Waals surface area contributed by atoms with Crippen LogP contribution in [0.3, 0.4) is 0 Å². The monoisotopic (exact) mass is 598 g/mol. The van der Waals surface area contributed by atoms with Crippen LogP contribution >= 0.6 is 0 Å². The fraction of sp³-hybridized carbons (Fsp3) is 0. The summed E-state index contributed by atoms with van der Waals surface area (Å²) in [7, 11) is 0. The Hall–Kier alpha value is -6.43. The first-order valence-electron chi connectivity index (χ1n) is 15.8. The standard InChI is InChI=1S/C45H30N2/c1-4-12-33(13-5-1)35-20-22-37(23-21-35)43-32-39-16-10-11-19-44(39)46-45(43)38-26-30-42(31-27-38)47(40-17-8-3-9-18-40)41-28-24-36(25-29-41)34-14-6-2-7-15-34/h1-2,4-8,10-32H. The van der Waals surface area contributed by atoms with Crippen molar-refractivity contribution in [3.8, 4) is 44.6 Å². The van der Waals surface area contributed by atoms with Gasteiger partial charge in [-0.15, -0.1) is 0 Å². The topological polar surface area (TPSA) is 16.1 Å². The van der Waals surface area contributed by atoms with Gasteiger partial charge in [0.2, 0.25) is 0 Å². The smallest absolute Gasteiger partial charge is 0.0788 e. The zero-order chi connectivity index (χ0) is 31.4. The van der Waals surface area contributed by atoms with Crippen LogP contribution in [0.15, 0.2) is 199 Å². The van der Waals surface area contributed by atoms with Gasteiger partial charge < -0.3 is 4.90 Å². The number of hydrogen-bond donors (Lipinski definition) is 0. The molecule has 1 aliphatic rings. The van der Waals surface area contributed by atoms with Gasteiger partial charge in [0, 0.05) is 34.0 Å². The number of allylic oxidation sites excluding steroid dienone is 3. The van der Waals surface area contributed by atoms with E-state index in [4.69, 9.17) is 4.98 Å². The van der Waals surface area contributed by atoms with E-state index < -0.39 is 0 Å². The summed E-state index contributed by atoms with van der Waals surface area (Å²) in [6.45, 7) is 0. The van der Waals surface area contributed by atoms with Gasteiger partial charge in [-0.05, 0) is 76.4 Å². The Morgan fingerprint density at radius 2 is 0.957 bits per heavy atom. The SMILES string of the molecule is C1=C=CC(N(c2ccc(-c3ccccc3)cc2)c2ccc(-c3nc4ccccc4cc3-c3ccc(-c4ccccc4)cc3)cc2)=CC=1. The molecule has 2 heteroatoms. The van der Waals surface area contributed by atoms with Crippen molar-refractivity contribution in [2.75, 3.05) is 4.90 Å². The van der Waals surface area contributed by atoms with Gasteiger partial charge in [-0.2, -0.15) is 0 Å². The van der Waals surface area contributed by atoms with Crippen LogP contribution < -0.4 is 4.90 Å². The van der Waals surface area contributed by atoms with Crippen molar-refractivity contribution >= 4 is 22.3 Å². The van der Waals surface area contributed by atoms with Crippen LogP contribution in [0.2, 0.25) is 0 Å². The molecule has 0 bridgehead atoms. The second kappa shape index (κ2) is 12.5. The predicted molar refractivity (Wildman–Crippen MR) is 196 cm³/mol. The summed E-state index contributed by atoms with van der Waals surface area (Å²) >= 11 is 0.